The lowest BCUT2D eigenvalue weighted by atomic mass is 9.42. The lowest BCUT2D eigenvalue weighted by Gasteiger charge is -2.65. The summed E-state index contributed by atoms with van der Waals surface area (Å²) >= 11 is 0. The Hall–Kier alpha value is -1.63. The van der Waals surface area contributed by atoms with E-state index in [-0.39, 0.29) is 52.8 Å². The average Bonchev–Trinajstić information content (AvgIpc) is 3.09. The van der Waals surface area contributed by atoms with E-state index in [1.807, 2.05) is 0 Å². The highest BCUT2D eigenvalue weighted by molar-refractivity contribution is 5.69. The molecule has 4 saturated carbocycles. The Morgan fingerprint density at radius 1 is 0.917 bits per heavy atom. The van der Waals surface area contributed by atoms with Crippen LogP contribution in [0.1, 0.15) is 98.8 Å². The van der Waals surface area contributed by atoms with Gasteiger partial charge in [-0.3, -0.25) is 14.4 Å². The van der Waals surface area contributed by atoms with Gasteiger partial charge in [0.15, 0.2) is 0 Å². The lowest BCUT2D eigenvalue weighted by Crippen LogP contribution is -2.65. The first-order chi connectivity index (χ1) is 16.9. The van der Waals surface area contributed by atoms with Gasteiger partial charge in [-0.2, -0.15) is 0 Å². The van der Waals surface area contributed by atoms with Gasteiger partial charge < -0.3 is 19.3 Å². The molecule has 4 aliphatic rings. The average molecular weight is 507 g/mol. The van der Waals surface area contributed by atoms with Crippen molar-refractivity contribution < 1.29 is 33.7 Å². The summed E-state index contributed by atoms with van der Waals surface area (Å²) in [5.41, 5.74) is -1.13. The van der Waals surface area contributed by atoms with Gasteiger partial charge in [0.25, 0.3) is 0 Å². The monoisotopic (exact) mass is 506 g/mol. The number of hydrogen-bond acceptors (Lipinski definition) is 7. The second-order valence-corrected chi connectivity index (χ2v) is 12.8. The number of ether oxygens (including phenoxy) is 3. The number of aliphatic hydroxyl groups is 1. The van der Waals surface area contributed by atoms with E-state index in [9.17, 15) is 19.5 Å². The van der Waals surface area contributed by atoms with Gasteiger partial charge in [0, 0.05) is 26.2 Å². The van der Waals surface area contributed by atoms with Crippen LogP contribution in [-0.4, -0.2) is 47.9 Å². The third kappa shape index (κ3) is 4.48. The number of esters is 3. The smallest absolute Gasteiger partial charge is 0.305 e. The van der Waals surface area contributed by atoms with Crippen LogP contribution in [0.3, 0.4) is 0 Å². The lowest BCUT2D eigenvalue weighted by molar-refractivity contribution is -0.240. The molecule has 0 spiro atoms. The van der Waals surface area contributed by atoms with Gasteiger partial charge in [0.05, 0.1) is 12.7 Å². The summed E-state index contributed by atoms with van der Waals surface area (Å²) in [6, 6.07) is 0. The molecule has 1 N–H and O–H groups in total. The van der Waals surface area contributed by atoms with E-state index in [4.69, 9.17) is 14.2 Å². The number of hydrogen-bond donors (Lipinski definition) is 1. The minimum absolute atomic E-state index is 0.0601. The summed E-state index contributed by atoms with van der Waals surface area (Å²) in [5.74, 6) is 0.443. The molecular formula is C29H46O7. The normalized spacial score (nSPS) is 44.4. The van der Waals surface area contributed by atoms with Gasteiger partial charge >= 0.3 is 17.9 Å². The molecule has 204 valence electrons. The molecule has 7 nitrogen and oxygen atoms in total. The third-order valence-electron chi connectivity index (χ3n) is 11.2. The van der Waals surface area contributed by atoms with Crippen molar-refractivity contribution >= 4 is 17.9 Å². The van der Waals surface area contributed by atoms with Crippen molar-refractivity contribution in [2.75, 3.05) is 7.11 Å². The van der Waals surface area contributed by atoms with Crippen LogP contribution in [0, 0.1) is 40.4 Å². The van der Waals surface area contributed by atoms with Gasteiger partial charge in [0.2, 0.25) is 0 Å². The number of carbonyl (C=O) groups excluding carboxylic acids is 3. The highest BCUT2D eigenvalue weighted by Gasteiger charge is 2.69. The second kappa shape index (κ2) is 9.92. The molecular weight excluding hydrogens is 460 g/mol. The third-order valence-corrected chi connectivity index (χ3v) is 11.2. The quantitative estimate of drug-likeness (QED) is 0.407. The van der Waals surface area contributed by atoms with Crippen LogP contribution in [-0.2, 0) is 28.6 Å². The maximum Gasteiger partial charge on any atom is 0.305 e. The summed E-state index contributed by atoms with van der Waals surface area (Å²) < 4.78 is 16.4. The van der Waals surface area contributed by atoms with E-state index in [1.165, 1.54) is 21.0 Å². The van der Waals surface area contributed by atoms with Gasteiger partial charge in [-0.25, -0.2) is 0 Å². The largest absolute Gasteiger partial charge is 0.469 e. The van der Waals surface area contributed by atoms with Crippen molar-refractivity contribution in [3.8, 4) is 0 Å². The first-order valence-corrected chi connectivity index (χ1v) is 14.0. The minimum Gasteiger partial charge on any atom is -0.469 e. The van der Waals surface area contributed by atoms with E-state index in [0.29, 0.717) is 37.0 Å². The predicted molar refractivity (Wildman–Crippen MR) is 134 cm³/mol. The Kier molecular flexibility index (Phi) is 7.55. The highest BCUT2D eigenvalue weighted by atomic mass is 16.5. The Labute approximate surface area is 216 Å². The topological polar surface area (TPSA) is 99.1 Å². The molecule has 4 fully saturated rings. The molecule has 4 aliphatic carbocycles. The molecule has 0 radical (unpaired) electrons. The molecule has 36 heavy (non-hydrogen) atoms. The number of fused-ring (bicyclic) bond motifs is 5. The summed E-state index contributed by atoms with van der Waals surface area (Å²) in [7, 11) is 1.43. The van der Waals surface area contributed by atoms with Crippen LogP contribution in [0.2, 0.25) is 0 Å². The standard InChI is InChI=1S/C29H46O7/c1-17(7-8-26(32)34-6)21-11-14-29(33)23-16-25(36-19(3)31)24-15-20(35-18(2)30)9-12-27(24,4)22(23)10-13-28(21,29)5/h17,20-25,33H,7-16H2,1-6H3/t17-,20-,21-,22+,23-,24+,25+,27-,28-,29-/m1/s1. The number of rotatable bonds is 6. The minimum atomic E-state index is -0.820. The molecule has 0 amide bonds. The van der Waals surface area contributed by atoms with Crippen molar-refractivity contribution in [2.24, 2.45) is 40.4 Å². The van der Waals surface area contributed by atoms with Crippen LogP contribution in [0.5, 0.6) is 0 Å². The van der Waals surface area contributed by atoms with E-state index < -0.39 is 5.60 Å². The van der Waals surface area contributed by atoms with Crippen LogP contribution in [0.25, 0.3) is 0 Å². The Balaban J connectivity index is 1.61. The SMILES string of the molecule is COC(=O)CC[C@@H](C)[C@H]1CC[C@@]2(O)[C@@H]3C[C@H](OC(C)=O)[C@@H]4C[C@H](OC(C)=O)CC[C@]4(C)[C@H]3CC[C@]12C. The van der Waals surface area contributed by atoms with Crippen molar-refractivity contribution in [2.45, 2.75) is 117 Å². The molecule has 0 aliphatic heterocycles. The number of methoxy groups -OCH3 is 1. The maximum absolute atomic E-state index is 12.5. The Morgan fingerprint density at radius 2 is 1.61 bits per heavy atom. The summed E-state index contributed by atoms with van der Waals surface area (Å²) in [6.07, 6.45) is 7.55. The maximum atomic E-state index is 12.5. The fourth-order valence-electron chi connectivity index (χ4n) is 9.47. The molecule has 0 aromatic carbocycles. The second-order valence-electron chi connectivity index (χ2n) is 12.8. The summed E-state index contributed by atoms with van der Waals surface area (Å²) in [5, 5.41) is 12.5. The van der Waals surface area contributed by atoms with E-state index >= 15 is 0 Å². The van der Waals surface area contributed by atoms with Crippen LogP contribution < -0.4 is 0 Å². The Bertz CT molecular complexity index is 872. The van der Waals surface area contributed by atoms with Gasteiger partial charge in [-0.1, -0.05) is 20.8 Å². The first kappa shape index (κ1) is 27.4. The molecule has 4 rings (SSSR count). The summed E-state index contributed by atoms with van der Waals surface area (Å²) in [4.78, 5) is 35.6. The molecule has 0 bridgehead atoms. The zero-order chi connectivity index (χ0) is 26.5. The Morgan fingerprint density at radius 3 is 2.25 bits per heavy atom. The molecule has 0 aromatic heterocycles. The zero-order valence-corrected chi connectivity index (χ0v) is 23.0. The van der Waals surface area contributed by atoms with Gasteiger partial charge in [-0.15, -0.1) is 0 Å². The first-order valence-electron chi connectivity index (χ1n) is 14.0. The molecule has 0 heterocycles. The van der Waals surface area contributed by atoms with Crippen LogP contribution >= 0.6 is 0 Å². The molecule has 0 unspecified atom stereocenters. The van der Waals surface area contributed by atoms with E-state index in [2.05, 4.69) is 20.8 Å². The van der Waals surface area contributed by atoms with Crippen LogP contribution in [0.4, 0.5) is 0 Å². The molecule has 10 atom stereocenters. The van der Waals surface area contributed by atoms with Gasteiger partial charge in [-0.05, 0) is 92.3 Å². The number of carbonyl (C=O) groups is 3. The summed E-state index contributed by atoms with van der Waals surface area (Å²) in [6.45, 7) is 9.72. The zero-order valence-electron chi connectivity index (χ0n) is 23.0. The fourth-order valence-corrected chi connectivity index (χ4v) is 9.47. The van der Waals surface area contributed by atoms with Crippen LogP contribution in [0.15, 0.2) is 0 Å². The molecule has 0 aromatic rings. The van der Waals surface area contributed by atoms with E-state index in [1.54, 1.807) is 0 Å². The highest BCUT2D eigenvalue weighted by Crippen LogP contribution is 2.70. The van der Waals surface area contributed by atoms with Crippen molar-refractivity contribution in [3.63, 3.8) is 0 Å². The fraction of sp³-hybridized carbons (Fsp3) is 0.897. The molecule has 7 heteroatoms. The van der Waals surface area contributed by atoms with Crippen molar-refractivity contribution in [1.29, 1.82) is 0 Å². The predicted octanol–water partition coefficient (Wildman–Crippen LogP) is 4.82. The van der Waals surface area contributed by atoms with Crippen molar-refractivity contribution in [1.82, 2.24) is 0 Å². The van der Waals surface area contributed by atoms with E-state index in [0.717, 1.165) is 44.9 Å². The van der Waals surface area contributed by atoms with Crippen molar-refractivity contribution in [3.05, 3.63) is 0 Å². The van der Waals surface area contributed by atoms with Gasteiger partial charge in [0.1, 0.15) is 12.2 Å². The molecule has 0 saturated heterocycles.